The maximum absolute atomic E-state index is 13.2. The van der Waals surface area contributed by atoms with Crippen molar-refractivity contribution in [3.63, 3.8) is 0 Å². The summed E-state index contributed by atoms with van der Waals surface area (Å²) in [5, 5.41) is 14.0. The summed E-state index contributed by atoms with van der Waals surface area (Å²) in [6.45, 7) is 2.42. The molecule has 1 N–H and O–H groups in total. The van der Waals surface area contributed by atoms with E-state index in [1.807, 2.05) is 19.1 Å². The molecule has 20 heavy (non-hydrogen) atoms. The standard InChI is InChI=1S/C14H15FN2O2S/c1-2-12-7-13(20-9-14(18)19)17(16-12)8-10-4-3-5-11(15)6-10/h3-7H,2,8-9H2,1H3,(H,18,19). The van der Waals surface area contributed by atoms with Crippen LogP contribution in [-0.2, 0) is 17.8 Å². The number of aliphatic carboxylic acids is 1. The first-order valence-electron chi connectivity index (χ1n) is 6.24. The van der Waals surface area contributed by atoms with Crippen LogP contribution in [-0.4, -0.2) is 26.6 Å². The predicted molar refractivity (Wildman–Crippen MR) is 75.5 cm³/mol. The van der Waals surface area contributed by atoms with E-state index in [1.165, 1.54) is 23.9 Å². The van der Waals surface area contributed by atoms with Crippen molar-refractivity contribution in [2.45, 2.75) is 24.9 Å². The molecule has 0 radical (unpaired) electrons. The van der Waals surface area contributed by atoms with Crippen molar-refractivity contribution >= 4 is 17.7 Å². The highest BCUT2D eigenvalue weighted by atomic mass is 32.2. The fourth-order valence-corrected chi connectivity index (χ4v) is 2.54. The zero-order valence-electron chi connectivity index (χ0n) is 11.0. The van der Waals surface area contributed by atoms with E-state index in [4.69, 9.17) is 5.11 Å². The molecule has 0 unspecified atom stereocenters. The van der Waals surface area contributed by atoms with Crippen LogP contribution in [0.2, 0.25) is 0 Å². The van der Waals surface area contributed by atoms with Gasteiger partial charge in [0.15, 0.2) is 0 Å². The first kappa shape index (κ1) is 14.6. The van der Waals surface area contributed by atoms with E-state index in [-0.39, 0.29) is 11.6 Å². The van der Waals surface area contributed by atoms with Gasteiger partial charge in [0, 0.05) is 0 Å². The van der Waals surface area contributed by atoms with Crippen LogP contribution in [0.5, 0.6) is 0 Å². The Balaban J connectivity index is 2.20. The number of thioether (sulfide) groups is 1. The minimum atomic E-state index is -0.869. The molecule has 0 aliphatic heterocycles. The van der Waals surface area contributed by atoms with E-state index < -0.39 is 5.97 Å². The summed E-state index contributed by atoms with van der Waals surface area (Å²) in [5.41, 5.74) is 1.70. The Morgan fingerprint density at radius 3 is 2.90 bits per heavy atom. The molecule has 1 heterocycles. The van der Waals surface area contributed by atoms with E-state index in [1.54, 1.807) is 10.7 Å². The molecule has 2 rings (SSSR count). The van der Waals surface area contributed by atoms with Crippen molar-refractivity contribution in [1.82, 2.24) is 9.78 Å². The molecular weight excluding hydrogens is 279 g/mol. The smallest absolute Gasteiger partial charge is 0.313 e. The molecule has 0 saturated heterocycles. The fraction of sp³-hybridized carbons (Fsp3) is 0.286. The second-order valence-electron chi connectivity index (χ2n) is 4.30. The number of carboxylic acids is 1. The summed E-state index contributed by atoms with van der Waals surface area (Å²) in [6.07, 6.45) is 0.775. The number of halogens is 1. The number of aryl methyl sites for hydroxylation is 1. The van der Waals surface area contributed by atoms with Crippen LogP contribution in [0.3, 0.4) is 0 Å². The Labute approximate surface area is 120 Å². The Morgan fingerprint density at radius 2 is 2.25 bits per heavy atom. The van der Waals surface area contributed by atoms with Crippen molar-refractivity contribution in [3.05, 3.63) is 47.4 Å². The normalized spacial score (nSPS) is 10.7. The van der Waals surface area contributed by atoms with E-state index in [9.17, 15) is 9.18 Å². The lowest BCUT2D eigenvalue weighted by molar-refractivity contribution is -0.133. The molecule has 6 heteroatoms. The first-order chi connectivity index (χ1) is 9.58. The van der Waals surface area contributed by atoms with Crippen molar-refractivity contribution in [2.24, 2.45) is 0 Å². The average Bonchev–Trinajstić information content (AvgIpc) is 2.79. The molecule has 0 bridgehead atoms. The van der Waals surface area contributed by atoms with E-state index in [0.29, 0.717) is 6.54 Å². The summed E-state index contributed by atoms with van der Waals surface area (Å²) < 4.78 is 14.9. The molecule has 4 nitrogen and oxygen atoms in total. The maximum Gasteiger partial charge on any atom is 0.313 e. The fourth-order valence-electron chi connectivity index (χ4n) is 1.80. The minimum Gasteiger partial charge on any atom is -0.481 e. The number of rotatable bonds is 6. The number of nitrogens with zero attached hydrogens (tertiary/aromatic N) is 2. The number of hydrogen-bond acceptors (Lipinski definition) is 3. The van der Waals surface area contributed by atoms with Gasteiger partial charge in [0.05, 0.1) is 23.0 Å². The number of benzene rings is 1. The van der Waals surface area contributed by atoms with Gasteiger partial charge in [-0.1, -0.05) is 30.8 Å². The van der Waals surface area contributed by atoms with Gasteiger partial charge in [0.1, 0.15) is 5.82 Å². The highest BCUT2D eigenvalue weighted by Crippen LogP contribution is 2.21. The monoisotopic (exact) mass is 294 g/mol. The lowest BCUT2D eigenvalue weighted by Crippen LogP contribution is -2.06. The maximum atomic E-state index is 13.2. The number of carbonyl (C=O) groups is 1. The summed E-state index contributed by atoms with van der Waals surface area (Å²) in [5.74, 6) is -1.17. The van der Waals surface area contributed by atoms with Crippen LogP contribution in [0.15, 0.2) is 35.4 Å². The molecule has 1 aromatic carbocycles. The Kier molecular flexibility index (Phi) is 4.79. The quantitative estimate of drug-likeness (QED) is 0.832. The second kappa shape index (κ2) is 6.56. The molecule has 1 aromatic heterocycles. The Morgan fingerprint density at radius 1 is 1.45 bits per heavy atom. The summed E-state index contributed by atoms with van der Waals surface area (Å²) in [4.78, 5) is 10.7. The summed E-state index contributed by atoms with van der Waals surface area (Å²) in [7, 11) is 0. The van der Waals surface area contributed by atoms with Crippen molar-refractivity contribution in [2.75, 3.05) is 5.75 Å². The third kappa shape index (κ3) is 3.84. The molecular formula is C14H15FN2O2S. The molecule has 106 valence electrons. The summed E-state index contributed by atoms with van der Waals surface area (Å²) >= 11 is 1.22. The largest absolute Gasteiger partial charge is 0.481 e. The number of aromatic nitrogens is 2. The zero-order valence-corrected chi connectivity index (χ0v) is 11.9. The molecule has 0 aliphatic carbocycles. The van der Waals surface area contributed by atoms with Crippen LogP contribution in [0.25, 0.3) is 0 Å². The predicted octanol–water partition coefficient (Wildman–Crippen LogP) is 2.81. The van der Waals surface area contributed by atoms with Gasteiger partial charge in [-0.05, 0) is 30.2 Å². The Bertz CT molecular complexity index is 613. The van der Waals surface area contributed by atoms with E-state index in [0.717, 1.165) is 22.7 Å². The highest BCUT2D eigenvalue weighted by Gasteiger charge is 2.10. The number of hydrogen-bond donors (Lipinski definition) is 1. The Hall–Kier alpha value is -1.82. The van der Waals surface area contributed by atoms with E-state index in [2.05, 4.69) is 5.10 Å². The lowest BCUT2D eigenvalue weighted by Gasteiger charge is -2.06. The molecule has 0 fully saturated rings. The van der Waals surface area contributed by atoms with Crippen molar-refractivity contribution in [1.29, 1.82) is 0 Å². The van der Waals surface area contributed by atoms with Crippen LogP contribution >= 0.6 is 11.8 Å². The van der Waals surface area contributed by atoms with E-state index >= 15 is 0 Å². The van der Waals surface area contributed by atoms with Gasteiger partial charge in [-0.3, -0.25) is 9.48 Å². The van der Waals surface area contributed by atoms with Crippen LogP contribution < -0.4 is 0 Å². The van der Waals surface area contributed by atoms with Gasteiger partial charge < -0.3 is 5.11 Å². The van der Waals surface area contributed by atoms with Crippen LogP contribution in [0, 0.1) is 5.82 Å². The summed E-state index contributed by atoms with van der Waals surface area (Å²) in [6, 6.07) is 8.21. The zero-order chi connectivity index (χ0) is 14.5. The molecule has 0 saturated carbocycles. The van der Waals surface area contributed by atoms with Crippen LogP contribution in [0.4, 0.5) is 4.39 Å². The van der Waals surface area contributed by atoms with Crippen molar-refractivity contribution < 1.29 is 14.3 Å². The molecule has 0 spiro atoms. The van der Waals surface area contributed by atoms with Gasteiger partial charge >= 0.3 is 5.97 Å². The first-order valence-corrected chi connectivity index (χ1v) is 7.23. The van der Waals surface area contributed by atoms with Gasteiger partial charge in [-0.2, -0.15) is 5.10 Å². The SMILES string of the molecule is CCc1cc(SCC(=O)O)n(Cc2cccc(F)c2)n1. The average molecular weight is 294 g/mol. The second-order valence-corrected chi connectivity index (χ2v) is 5.29. The van der Waals surface area contributed by atoms with Crippen LogP contribution in [0.1, 0.15) is 18.2 Å². The molecule has 2 aromatic rings. The highest BCUT2D eigenvalue weighted by molar-refractivity contribution is 7.99. The van der Waals surface area contributed by atoms with Gasteiger partial charge in [-0.15, -0.1) is 0 Å². The van der Waals surface area contributed by atoms with Gasteiger partial charge in [0.25, 0.3) is 0 Å². The van der Waals surface area contributed by atoms with Gasteiger partial charge in [-0.25, -0.2) is 4.39 Å². The minimum absolute atomic E-state index is 0.0159. The molecule has 0 amide bonds. The molecule has 0 aliphatic rings. The third-order valence-corrected chi connectivity index (χ3v) is 3.74. The molecule has 0 atom stereocenters. The van der Waals surface area contributed by atoms with Crippen molar-refractivity contribution in [3.8, 4) is 0 Å². The van der Waals surface area contributed by atoms with Gasteiger partial charge in [0.2, 0.25) is 0 Å². The number of carboxylic acid groups (broad SMARTS) is 1. The lowest BCUT2D eigenvalue weighted by atomic mass is 10.2. The third-order valence-electron chi connectivity index (χ3n) is 2.72. The topological polar surface area (TPSA) is 55.1 Å².